The molecule has 1 saturated carbocycles. The van der Waals surface area contributed by atoms with Crippen LogP contribution in [-0.2, 0) is 6.54 Å². The Balaban J connectivity index is 1.79. The molecule has 1 fully saturated rings. The molecule has 0 amide bonds. The molecule has 1 heteroatoms. The van der Waals surface area contributed by atoms with E-state index in [4.69, 9.17) is 0 Å². The monoisotopic (exact) mass is 160 g/mol. The summed E-state index contributed by atoms with van der Waals surface area (Å²) < 4.78 is 0. The van der Waals surface area contributed by atoms with Crippen LogP contribution in [0.3, 0.4) is 0 Å². The van der Waals surface area contributed by atoms with Gasteiger partial charge >= 0.3 is 0 Å². The Hall–Kier alpha value is -0.820. The Bertz CT molecular complexity index is 226. The molecule has 12 heavy (non-hydrogen) atoms. The van der Waals surface area contributed by atoms with E-state index in [2.05, 4.69) is 42.1 Å². The van der Waals surface area contributed by atoms with Gasteiger partial charge in [0, 0.05) is 12.6 Å². The first-order valence-electron chi connectivity index (χ1n) is 4.56. The second kappa shape index (κ2) is 3.72. The van der Waals surface area contributed by atoms with E-state index in [0.717, 1.165) is 6.54 Å². The van der Waals surface area contributed by atoms with Gasteiger partial charge in [-0.3, -0.25) is 0 Å². The van der Waals surface area contributed by atoms with Crippen LogP contribution in [0.4, 0.5) is 0 Å². The van der Waals surface area contributed by atoms with Gasteiger partial charge in [-0.05, 0) is 24.8 Å². The van der Waals surface area contributed by atoms with Crippen molar-refractivity contribution in [1.29, 1.82) is 0 Å². The Kier molecular flexibility index (Phi) is 2.42. The van der Waals surface area contributed by atoms with Crippen molar-refractivity contribution in [3.05, 3.63) is 42.3 Å². The number of benzene rings is 1. The highest BCUT2D eigenvalue weighted by atomic mass is 14.9. The molecule has 0 spiro atoms. The second-order valence-corrected chi connectivity index (χ2v) is 3.29. The van der Waals surface area contributed by atoms with Crippen molar-refractivity contribution in [2.75, 3.05) is 0 Å². The number of nitrogens with one attached hydrogen (secondary N) is 1. The molecule has 0 saturated heterocycles. The Morgan fingerprint density at radius 3 is 2.58 bits per heavy atom. The topological polar surface area (TPSA) is 12.0 Å². The van der Waals surface area contributed by atoms with E-state index in [1.807, 2.05) is 0 Å². The van der Waals surface area contributed by atoms with Gasteiger partial charge in [-0.2, -0.15) is 0 Å². The average molecular weight is 160 g/mol. The van der Waals surface area contributed by atoms with E-state index < -0.39 is 0 Å². The van der Waals surface area contributed by atoms with Gasteiger partial charge in [-0.1, -0.05) is 30.3 Å². The lowest BCUT2D eigenvalue weighted by Gasteiger charge is -2.26. The molecule has 1 aliphatic carbocycles. The highest BCUT2D eigenvalue weighted by molar-refractivity contribution is 5.14. The first kappa shape index (κ1) is 7.81. The molecule has 0 heterocycles. The highest BCUT2D eigenvalue weighted by Gasteiger charge is 2.16. The van der Waals surface area contributed by atoms with Crippen molar-refractivity contribution in [1.82, 2.24) is 5.32 Å². The van der Waals surface area contributed by atoms with Gasteiger partial charge in [0.05, 0.1) is 0 Å². The minimum Gasteiger partial charge on any atom is -0.310 e. The summed E-state index contributed by atoms with van der Waals surface area (Å²) in [7, 11) is 0. The van der Waals surface area contributed by atoms with E-state index in [-0.39, 0.29) is 0 Å². The van der Waals surface area contributed by atoms with E-state index in [1.165, 1.54) is 18.4 Å². The maximum absolute atomic E-state index is 3.48. The Morgan fingerprint density at radius 1 is 1.25 bits per heavy atom. The maximum Gasteiger partial charge on any atom is 0.0208 e. The van der Waals surface area contributed by atoms with Gasteiger partial charge in [-0.15, -0.1) is 0 Å². The minimum atomic E-state index is 0.671. The van der Waals surface area contributed by atoms with Gasteiger partial charge < -0.3 is 5.32 Å². The molecule has 1 aromatic carbocycles. The zero-order chi connectivity index (χ0) is 8.23. The average Bonchev–Trinajstić information content (AvgIpc) is 2.04. The number of rotatable bonds is 3. The third kappa shape index (κ3) is 1.86. The molecule has 1 radical (unpaired) electrons. The molecule has 0 aromatic heterocycles. The number of hydrogen-bond acceptors (Lipinski definition) is 1. The van der Waals surface area contributed by atoms with Gasteiger partial charge in [0.25, 0.3) is 0 Å². The molecule has 63 valence electrons. The smallest absolute Gasteiger partial charge is 0.0208 e. The molecule has 1 unspecified atom stereocenters. The summed E-state index contributed by atoms with van der Waals surface area (Å²) in [6.07, 6.45) is 4.93. The third-order valence-corrected chi connectivity index (χ3v) is 2.34. The summed E-state index contributed by atoms with van der Waals surface area (Å²) in [5.41, 5.74) is 1.37. The van der Waals surface area contributed by atoms with Gasteiger partial charge in [0.2, 0.25) is 0 Å². The quantitative estimate of drug-likeness (QED) is 0.714. The maximum atomic E-state index is 3.48. The summed E-state index contributed by atoms with van der Waals surface area (Å²) in [5, 5.41) is 3.48. The van der Waals surface area contributed by atoms with Crippen LogP contribution in [-0.4, -0.2) is 6.04 Å². The van der Waals surface area contributed by atoms with Crippen molar-refractivity contribution < 1.29 is 0 Å². The van der Waals surface area contributed by atoms with E-state index in [1.54, 1.807) is 0 Å². The Morgan fingerprint density at radius 2 is 2.00 bits per heavy atom. The SMILES string of the molecule is [CH]1CCC1NCc1ccccc1. The van der Waals surface area contributed by atoms with E-state index in [9.17, 15) is 0 Å². The highest BCUT2D eigenvalue weighted by Crippen LogP contribution is 2.17. The van der Waals surface area contributed by atoms with Crippen LogP contribution in [0.1, 0.15) is 18.4 Å². The zero-order valence-corrected chi connectivity index (χ0v) is 7.16. The van der Waals surface area contributed by atoms with Crippen molar-refractivity contribution in [3.63, 3.8) is 0 Å². The van der Waals surface area contributed by atoms with Crippen LogP contribution in [0.2, 0.25) is 0 Å². The first-order chi connectivity index (χ1) is 5.95. The van der Waals surface area contributed by atoms with Gasteiger partial charge in [0.15, 0.2) is 0 Å². The van der Waals surface area contributed by atoms with E-state index >= 15 is 0 Å². The summed E-state index contributed by atoms with van der Waals surface area (Å²) in [6, 6.07) is 11.2. The molecule has 0 aliphatic heterocycles. The lowest BCUT2D eigenvalue weighted by Crippen LogP contribution is -2.35. The van der Waals surface area contributed by atoms with Crippen molar-refractivity contribution in [2.24, 2.45) is 0 Å². The van der Waals surface area contributed by atoms with Crippen molar-refractivity contribution in [2.45, 2.75) is 25.4 Å². The normalized spacial score (nSPS) is 17.3. The fourth-order valence-electron chi connectivity index (χ4n) is 1.36. The molecule has 1 aliphatic rings. The zero-order valence-electron chi connectivity index (χ0n) is 7.16. The third-order valence-electron chi connectivity index (χ3n) is 2.34. The number of hydrogen-bond donors (Lipinski definition) is 1. The van der Waals surface area contributed by atoms with Crippen LogP contribution in [0.25, 0.3) is 0 Å². The lowest BCUT2D eigenvalue weighted by atomic mass is 9.93. The summed E-state index contributed by atoms with van der Waals surface area (Å²) in [6.45, 7) is 1.00. The summed E-state index contributed by atoms with van der Waals surface area (Å²) >= 11 is 0. The predicted molar refractivity (Wildman–Crippen MR) is 50.6 cm³/mol. The van der Waals surface area contributed by atoms with Crippen LogP contribution >= 0.6 is 0 Å². The Labute approximate surface area is 73.8 Å². The summed E-state index contributed by atoms with van der Waals surface area (Å²) in [5.74, 6) is 0. The molecule has 2 rings (SSSR count). The van der Waals surface area contributed by atoms with Crippen LogP contribution in [0, 0.1) is 6.42 Å². The molecular weight excluding hydrogens is 146 g/mol. The van der Waals surface area contributed by atoms with Gasteiger partial charge in [-0.25, -0.2) is 0 Å². The lowest BCUT2D eigenvalue weighted by molar-refractivity contribution is 0.437. The van der Waals surface area contributed by atoms with Crippen LogP contribution < -0.4 is 5.32 Å². The van der Waals surface area contributed by atoms with Crippen molar-refractivity contribution in [3.8, 4) is 0 Å². The van der Waals surface area contributed by atoms with E-state index in [0.29, 0.717) is 6.04 Å². The predicted octanol–water partition coefficient (Wildman–Crippen LogP) is 2.14. The standard InChI is InChI=1S/C11H14N/c1-2-5-10(6-3-1)9-12-11-7-4-8-11/h1-3,5-7,11-12H,4,8-9H2. The van der Waals surface area contributed by atoms with Gasteiger partial charge in [0.1, 0.15) is 0 Å². The second-order valence-electron chi connectivity index (χ2n) is 3.29. The molecule has 0 bridgehead atoms. The molecule has 1 aromatic rings. The van der Waals surface area contributed by atoms with Crippen LogP contribution in [0.5, 0.6) is 0 Å². The van der Waals surface area contributed by atoms with Crippen molar-refractivity contribution >= 4 is 0 Å². The summed E-state index contributed by atoms with van der Waals surface area (Å²) in [4.78, 5) is 0. The largest absolute Gasteiger partial charge is 0.310 e. The van der Waals surface area contributed by atoms with Crippen LogP contribution in [0.15, 0.2) is 30.3 Å². The molecular formula is C11H14N. The fourth-order valence-corrected chi connectivity index (χ4v) is 1.36. The molecule has 1 nitrogen and oxygen atoms in total. The fraction of sp³-hybridized carbons (Fsp3) is 0.364. The molecule has 1 N–H and O–H groups in total. The minimum absolute atomic E-state index is 0.671. The molecule has 1 atom stereocenters. The first-order valence-corrected chi connectivity index (χ1v) is 4.56.